The molecule has 1 aromatic heterocycles. The quantitative estimate of drug-likeness (QED) is 0.739. The molecule has 1 aromatic carbocycles. The van der Waals surface area contributed by atoms with Crippen molar-refractivity contribution in [2.45, 2.75) is 32.7 Å². The number of thiazole rings is 1. The van der Waals surface area contributed by atoms with Gasteiger partial charge in [0.1, 0.15) is 10.8 Å². The number of nitrogens with one attached hydrogen (secondary N) is 1. The monoisotopic (exact) mass is 405 g/mol. The number of halogens is 2. The van der Waals surface area contributed by atoms with Gasteiger partial charge in [0.15, 0.2) is 0 Å². The van der Waals surface area contributed by atoms with E-state index in [9.17, 15) is 4.79 Å². The van der Waals surface area contributed by atoms with Crippen molar-refractivity contribution in [3.8, 4) is 16.3 Å². The lowest BCUT2D eigenvalue weighted by atomic mass is 10.1. The van der Waals surface area contributed by atoms with E-state index in [1.165, 1.54) is 11.3 Å². The standard InChI is InChI=1S/C17H23N3O2S.2ClH/c1-4-22-14-7-5-12(6-8-14)16-19-13(10-23-16)9-15(21)20-17(2,3)11-18;;/h5-8,10H,4,9,11,18H2,1-3H3,(H,20,21);2*1H. The largest absolute Gasteiger partial charge is 0.494 e. The molecule has 0 fully saturated rings. The number of ether oxygens (including phenoxy) is 1. The highest BCUT2D eigenvalue weighted by atomic mass is 35.5. The van der Waals surface area contributed by atoms with Gasteiger partial charge in [-0.3, -0.25) is 4.79 Å². The first kappa shape index (κ1) is 23.7. The zero-order valence-electron chi connectivity index (χ0n) is 14.6. The molecule has 0 aliphatic rings. The van der Waals surface area contributed by atoms with Crippen LogP contribution in [-0.4, -0.2) is 29.6 Å². The van der Waals surface area contributed by atoms with Crippen LogP contribution < -0.4 is 15.8 Å². The summed E-state index contributed by atoms with van der Waals surface area (Å²) in [6, 6.07) is 7.81. The Bertz CT molecular complexity index is 660. The fraction of sp³-hybridized carbons (Fsp3) is 0.412. The molecule has 0 spiro atoms. The molecule has 2 aromatic rings. The van der Waals surface area contributed by atoms with Gasteiger partial charge in [-0.1, -0.05) is 0 Å². The van der Waals surface area contributed by atoms with Crippen molar-refractivity contribution in [2.24, 2.45) is 5.73 Å². The summed E-state index contributed by atoms with van der Waals surface area (Å²) in [5.41, 5.74) is 7.01. The van der Waals surface area contributed by atoms with Gasteiger partial charge in [0.25, 0.3) is 0 Å². The maximum absolute atomic E-state index is 12.0. The molecule has 0 bridgehead atoms. The van der Waals surface area contributed by atoms with Crippen molar-refractivity contribution in [1.29, 1.82) is 0 Å². The van der Waals surface area contributed by atoms with Crippen LogP contribution in [0.3, 0.4) is 0 Å². The fourth-order valence-electron chi connectivity index (χ4n) is 2.02. The van der Waals surface area contributed by atoms with Gasteiger partial charge in [0.05, 0.1) is 18.7 Å². The number of amides is 1. The zero-order chi connectivity index (χ0) is 16.9. The van der Waals surface area contributed by atoms with E-state index in [1.807, 2.05) is 50.4 Å². The maximum Gasteiger partial charge on any atom is 0.226 e. The van der Waals surface area contributed by atoms with Crippen LogP contribution in [0.15, 0.2) is 29.6 Å². The molecule has 140 valence electrons. The van der Waals surface area contributed by atoms with Crippen LogP contribution in [0.1, 0.15) is 26.5 Å². The molecule has 2 rings (SSSR count). The van der Waals surface area contributed by atoms with Crippen molar-refractivity contribution in [2.75, 3.05) is 13.2 Å². The van der Waals surface area contributed by atoms with E-state index in [4.69, 9.17) is 10.5 Å². The second kappa shape index (κ2) is 10.6. The molecule has 25 heavy (non-hydrogen) atoms. The van der Waals surface area contributed by atoms with Gasteiger partial charge < -0.3 is 15.8 Å². The van der Waals surface area contributed by atoms with Crippen LogP contribution in [-0.2, 0) is 11.2 Å². The third kappa shape index (κ3) is 7.20. The van der Waals surface area contributed by atoms with Gasteiger partial charge in [0, 0.05) is 23.0 Å². The predicted molar refractivity (Wildman–Crippen MR) is 108 cm³/mol. The Morgan fingerprint density at radius 2 is 1.92 bits per heavy atom. The minimum atomic E-state index is -0.398. The predicted octanol–water partition coefficient (Wildman–Crippen LogP) is 3.45. The van der Waals surface area contributed by atoms with E-state index in [2.05, 4.69) is 10.3 Å². The molecular formula is C17H25Cl2N3O2S. The number of benzene rings is 1. The average Bonchev–Trinajstić information content (AvgIpc) is 2.96. The SMILES string of the molecule is CCOc1ccc(-c2nc(CC(=O)NC(C)(C)CN)cs2)cc1.Cl.Cl. The van der Waals surface area contributed by atoms with Gasteiger partial charge in [-0.25, -0.2) is 4.98 Å². The molecule has 0 aliphatic heterocycles. The molecule has 0 radical (unpaired) electrons. The Hall–Kier alpha value is -1.34. The molecule has 0 aliphatic carbocycles. The highest BCUT2D eigenvalue weighted by Crippen LogP contribution is 2.26. The summed E-state index contributed by atoms with van der Waals surface area (Å²) in [4.78, 5) is 16.6. The Kier molecular flexibility index (Phi) is 10.0. The summed E-state index contributed by atoms with van der Waals surface area (Å²) >= 11 is 1.53. The van der Waals surface area contributed by atoms with Crippen LogP contribution in [0.5, 0.6) is 5.75 Å². The zero-order valence-corrected chi connectivity index (χ0v) is 17.0. The number of nitrogens with zero attached hydrogens (tertiary/aromatic N) is 1. The number of aromatic nitrogens is 1. The van der Waals surface area contributed by atoms with Crippen LogP contribution in [0, 0.1) is 0 Å². The lowest BCUT2D eigenvalue weighted by Crippen LogP contribution is -2.49. The molecule has 1 amide bonds. The summed E-state index contributed by atoms with van der Waals surface area (Å²) in [7, 11) is 0. The van der Waals surface area contributed by atoms with Crippen LogP contribution in [0.4, 0.5) is 0 Å². The lowest BCUT2D eigenvalue weighted by molar-refractivity contribution is -0.121. The van der Waals surface area contributed by atoms with E-state index >= 15 is 0 Å². The molecular weight excluding hydrogens is 381 g/mol. The molecule has 0 saturated heterocycles. The van der Waals surface area contributed by atoms with Gasteiger partial charge in [0.2, 0.25) is 5.91 Å². The molecule has 3 N–H and O–H groups in total. The Morgan fingerprint density at radius 3 is 2.48 bits per heavy atom. The Labute approximate surface area is 165 Å². The first-order valence-corrected chi connectivity index (χ1v) is 8.50. The summed E-state index contributed by atoms with van der Waals surface area (Å²) in [5, 5.41) is 5.72. The number of rotatable bonds is 7. The molecule has 5 nitrogen and oxygen atoms in total. The summed E-state index contributed by atoms with van der Waals surface area (Å²) in [6.07, 6.45) is 0.261. The Balaban J connectivity index is 0.00000288. The lowest BCUT2D eigenvalue weighted by Gasteiger charge is -2.23. The van der Waals surface area contributed by atoms with E-state index in [0.717, 1.165) is 22.0 Å². The molecule has 0 saturated carbocycles. The first-order chi connectivity index (χ1) is 10.9. The van der Waals surface area contributed by atoms with Crippen molar-refractivity contribution < 1.29 is 9.53 Å². The number of hydrogen-bond donors (Lipinski definition) is 2. The van der Waals surface area contributed by atoms with E-state index < -0.39 is 5.54 Å². The van der Waals surface area contributed by atoms with Gasteiger partial charge in [-0.2, -0.15) is 0 Å². The highest BCUT2D eigenvalue weighted by Gasteiger charge is 2.19. The summed E-state index contributed by atoms with van der Waals surface area (Å²) in [6.45, 7) is 6.80. The molecule has 8 heteroatoms. The second-order valence-electron chi connectivity index (χ2n) is 5.91. The van der Waals surface area contributed by atoms with E-state index in [0.29, 0.717) is 13.2 Å². The third-order valence-corrected chi connectivity index (χ3v) is 4.23. The van der Waals surface area contributed by atoms with Gasteiger partial charge in [-0.15, -0.1) is 36.2 Å². The fourth-order valence-corrected chi connectivity index (χ4v) is 2.84. The summed E-state index contributed by atoms with van der Waals surface area (Å²) in [5.74, 6) is 0.778. The number of carbonyl (C=O) groups is 1. The average molecular weight is 406 g/mol. The van der Waals surface area contributed by atoms with Crippen LogP contribution in [0.25, 0.3) is 10.6 Å². The Morgan fingerprint density at radius 1 is 1.28 bits per heavy atom. The second-order valence-corrected chi connectivity index (χ2v) is 6.77. The summed E-state index contributed by atoms with van der Waals surface area (Å²) < 4.78 is 5.43. The van der Waals surface area contributed by atoms with Crippen LogP contribution >= 0.6 is 36.2 Å². The van der Waals surface area contributed by atoms with Crippen molar-refractivity contribution in [3.63, 3.8) is 0 Å². The minimum Gasteiger partial charge on any atom is -0.494 e. The number of nitrogens with two attached hydrogens (primary N) is 1. The smallest absolute Gasteiger partial charge is 0.226 e. The first-order valence-electron chi connectivity index (χ1n) is 7.62. The van der Waals surface area contributed by atoms with Crippen molar-refractivity contribution in [1.82, 2.24) is 10.3 Å². The van der Waals surface area contributed by atoms with Gasteiger partial charge >= 0.3 is 0 Å². The van der Waals surface area contributed by atoms with E-state index in [1.54, 1.807) is 0 Å². The topological polar surface area (TPSA) is 77.2 Å². The molecule has 0 atom stereocenters. The van der Waals surface area contributed by atoms with Crippen molar-refractivity contribution in [3.05, 3.63) is 35.3 Å². The normalized spacial score (nSPS) is 10.4. The molecule has 0 unspecified atom stereocenters. The number of carbonyl (C=O) groups excluding carboxylic acids is 1. The molecule has 1 heterocycles. The van der Waals surface area contributed by atoms with Crippen LogP contribution in [0.2, 0.25) is 0 Å². The maximum atomic E-state index is 12.0. The van der Waals surface area contributed by atoms with E-state index in [-0.39, 0.29) is 37.1 Å². The number of hydrogen-bond acceptors (Lipinski definition) is 5. The van der Waals surface area contributed by atoms with Crippen molar-refractivity contribution >= 4 is 42.1 Å². The highest BCUT2D eigenvalue weighted by molar-refractivity contribution is 7.13. The third-order valence-electron chi connectivity index (χ3n) is 3.29. The minimum absolute atomic E-state index is 0. The van der Waals surface area contributed by atoms with Gasteiger partial charge in [-0.05, 0) is 45.0 Å².